The highest BCUT2D eigenvalue weighted by molar-refractivity contribution is 5.08. The van der Waals surface area contributed by atoms with Crippen molar-refractivity contribution in [1.82, 2.24) is 24.8 Å². The number of piperazine rings is 1. The van der Waals surface area contributed by atoms with Gasteiger partial charge in [0.15, 0.2) is 0 Å². The molecule has 0 spiro atoms. The van der Waals surface area contributed by atoms with Crippen molar-refractivity contribution in [2.24, 2.45) is 0 Å². The van der Waals surface area contributed by atoms with Gasteiger partial charge in [-0.2, -0.15) is 0 Å². The normalized spacial score (nSPS) is 18.5. The Bertz CT molecular complexity index is 537. The Balaban J connectivity index is 1.53. The Morgan fingerprint density at radius 1 is 1.10 bits per heavy atom. The summed E-state index contributed by atoms with van der Waals surface area (Å²) >= 11 is 0. The van der Waals surface area contributed by atoms with Crippen molar-refractivity contribution in [2.75, 3.05) is 26.2 Å². The molecule has 0 unspecified atom stereocenters. The van der Waals surface area contributed by atoms with Gasteiger partial charge in [0.05, 0.1) is 5.69 Å². The molecule has 110 valence electrons. The smallest absolute Gasteiger partial charge is 0.115 e. The van der Waals surface area contributed by atoms with Gasteiger partial charge >= 0.3 is 0 Å². The molecule has 3 rings (SSSR count). The highest BCUT2D eigenvalue weighted by Crippen LogP contribution is 2.19. The van der Waals surface area contributed by atoms with Crippen molar-refractivity contribution in [3.8, 4) is 0 Å². The van der Waals surface area contributed by atoms with Gasteiger partial charge in [0, 0.05) is 62.9 Å². The topological polar surface area (TPSA) is 45.2 Å². The first-order valence-corrected chi connectivity index (χ1v) is 7.44. The summed E-state index contributed by atoms with van der Waals surface area (Å²) in [6, 6.07) is 6.52. The van der Waals surface area contributed by atoms with Crippen molar-refractivity contribution in [2.45, 2.75) is 19.5 Å². The molecule has 0 aromatic carbocycles. The van der Waals surface area contributed by atoms with Crippen LogP contribution in [0, 0.1) is 0 Å². The average molecular weight is 283 g/mol. The quantitative estimate of drug-likeness (QED) is 0.855. The van der Waals surface area contributed by atoms with Crippen LogP contribution in [0.2, 0.25) is 0 Å². The Morgan fingerprint density at radius 3 is 2.52 bits per heavy atom. The van der Waals surface area contributed by atoms with E-state index in [2.05, 4.69) is 43.8 Å². The summed E-state index contributed by atoms with van der Waals surface area (Å²) in [5, 5.41) is 0. The van der Waals surface area contributed by atoms with Crippen LogP contribution in [-0.4, -0.2) is 50.9 Å². The summed E-state index contributed by atoms with van der Waals surface area (Å²) in [4.78, 5) is 17.6. The molecule has 21 heavy (non-hydrogen) atoms. The molecule has 2 aromatic rings. The van der Waals surface area contributed by atoms with Crippen molar-refractivity contribution < 1.29 is 0 Å². The largest absolute Gasteiger partial charge is 0.296 e. The van der Waals surface area contributed by atoms with Crippen LogP contribution < -0.4 is 0 Å². The van der Waals surface area contributed by atoms with E-state index in [1.807, 2.05) is 24.7 Å². The zero-order valence-corrected chi connectivity index (χ0v) is 12.4. The van der Waals surface area contributed by atoms with Gasteiger partial charge in [-0.3, -0.25) is 14.8 Å². The van der Waals surface area contributed by atoms with Crippen molar-refractivity contribution in [3.63, 3.8) is 0 Å². The second-order valence-corrected chi connectivity index (χ2v) is 5.49. The molecule has 0 aliphatic carbocycles. The van der Waals surface area contributed by atoms with Crippen LogP contribution in [-0.2, 0) is 6.54 Å². The Hall–Kier alpha value is -1.85. The zero-order chi connectivity index (χ0) is 14.5. The summed E-state index contributed by atoms with van der Waals surface area (Å²) in [5.41, 5.74) is 2.34. The van der Waals surface area contributed by atoms with Crippen LogP contribution in [0.25, 0.3) is 0 Å². The van der Waals surface area contributed by atoms with Crippen LogP contribution >= 0.6 is 0 Å². The molecule has 3 heterocycles. The monoisotopic (exact) mass is 283 g/mol. The number of pyridine rings is 1. The van der Waals surface area contributed by atoms with Gasteiger partial charge in [0.1, 0.15) is 6.33 Å². The minimum absolute atomic E-state index is 0.383. The molecule has 0 bridgehead atoms. The third kappa shape index (κ3) is 3.62. The van der Waals surface area contributed by atoms with Crippen LogP contribution in [0.1, 0.15) is 24.2 Å². The zero-order valence-electron chi connectivity index (χ0n) is 12.4. The molecule has 1 fully saturated rings. The molecule has 1 atom stereocenters. The maximum Gasteiger partial charge on any atom is 0.115 e. The fraction of sp³-hybridized carbons (Fsp3) is 0.438. The third-order valence-corrected chi connectivity index (χ3v) is 4.09. The standard InChI is InChI=1S/C16H21N5/c1-14(16-4-2-3-5-19-16)21-8-6-20(7-9-21)12-15-10-17-13-18-11-15/h2-5,10-11,13-14H,6-9,12H2,1H3/t14-/m1/s1. The molecule has 0 amide bonds. The van der Waals surface area contributed by atoms with Crippen molar-refractivity contribution in [1.29, 1.82) is 0 Å². The van der Waals surface area contributed by atoms with E-state index in [4.69, 9.17) is 0 Å². The van der Waals surface area contributed by atoms with Gasteiger partial charge in [-0.05, 0) is 19.1 Å². The molecule has 0 radical (unpaired) electrons. The summed E-state index contributed by atoms with van der Waals surface area (Å²) in [6.07, 6.45) is 7.25. The van der Waals surface area contributed by atoms with Crippen LogP contribution in [0.5, 0.6) is 0 Å². The molecule has 0 N–H and O–H groups in total. The highest BCUT2D eigenvalue weighted by Gasteiger charge is 2.22. The average Bonchev–Trinajstić information content (AvgIpc) is 2.57. The summed E-state index contributed by atoms with van der Waals surface area (Å²) in [5.74, 6) is 0. The van der Waals surface area contributed by atoms with Gasteiger partial charge in [-0.25, -0.2) is 9.97 Å². The Kier molecular flexibility index (Phi) is 4.52. The van der Waals surface area contributed by atoms with Crippen molar-refractivity contribution >= 4 is 0 Å². The molecule has 0 saturated carbocycles. The van der Waals surface area contributed by atoms with Gasteiger partial charge in [-0.1, -0.05) is 6.07 Å². The molecular weight excluding hydrogens is 262 g/mol. The lowest BCUT2D eigenvalue weighted by atomic mass is 10.1. The number of nitrogens with zero attached hydrogens (tertiary/aromatic N) is 5. The number of hydrogen-bond acceptors (Lipinski definition) is 5. The Morgan fingerprint density at radius 2 is 1.86 bits per heavy atom. The van der Waals surface area contributed by atoms with Crippen LogP contribution in [0.4, 0.5) is 0 Å². The SMILES string of the molecule is C[C@H](c1ccccn1)N1CCN(Cc2cncnc2)CC1. The van der Waals surface area contributed by atoms with Gasteiger partial charge < -0.3 is 0 Å². The van der Waals surface area contributed by atoms with E-state index in [0.717, 1.165) is 38.4 Å². The molecule has 1 aliphatic heterocycles. The highest BCUT2D eigenvalue weighted by atomic mass is 15.3. The van der Waals surface area contributed by atoms with E-state index in [9.17, 15) is 0 Å². The van der Waals surface area contributed by atoms with Gasteiger partial charge in [-0.15, -0.1) is 0 Å². The Labute approximate surface area is 125 Å². The second kappa shape index (κ2) is 6.74. The van der Waals surface area contributed by atoms with E-state index >= 15 is 0 Å². The minimum Gasteiger partial charge on any atom is -0.296 e. The van der Waals surface area contributed by atoms with E-state index in [1.54, 1.807) is 6.33 Å². The lowest BCUT2D eigenvalue weighted by molar-refractivity contribution is 0.0963. The first-order valence-electron chi connectivity index (χ1n) is 7.44. The molecule has 1 saturated heterocycles. The second-order valence-electron chi connectivity index (χ2n) is 5.49. The maximum atomic E-state index is 4.47. The fourth-order valence-electron chi connectivity index (χ4n) is 2.79. The fourth-order valence-corrected chi connectivity index (χ4v) is 2.79. The van der Waals surface area contributed by atoms with E-state index < -0.39 is 0 Å². The molecule has 5 heteroatoms. The molecule has 1 aliphatic rings. The summed E-state index contributed by atoms with van der Waals surface area (Å²) < 4.78 is 0. The van der Waals surface area contributed by atoms with Crippen LogP contribution in [0.3, 0.4) is 0 Å². The van der Waals surface area contributed by atoms with Gasteiger partial charge in [0.25, 0.3) is 0 Å². The van der Waals surface area contributed by atoms with E-state index in [0.29, 0.717) is 6.04 Å². The van der Waals surface area contributed by atoms with E-state index in [1.165, 1.54) is 5.56 Å². The lowest BCUT2D eigenvalue weighted by Gasteiger charge is -2.37. The van der Waals surface area contributed by atoms with Crippen molar-refractivity contribution in [3.05, 3.63) is 54.4 Å². The first-order chi connectivity index (χ1) is 10.3. The predicted octanol–water partition coefficient (Wildman–Crippen LogP) is 1.75. The maximum absolute atomic E-state index is 4.47. The predicted molar refractivity (Wildman–Crippen MR) is 81.5 cm³/mol. The number of aromatic nitrogens is 3. The van der Waals surface area contributed by atoms with E-state index in [-0.39, 0.29) is 0 Å². The third-order valence-electron chi connectivity index (χ3n) is 4.09. The molecule has 5 nitrogen and oxygen atoms in total. The molecule has 2 aromatic heterocycles. The molecular formula is C16H21N5. The lowest BCUT2D eigenvalue weighted by Crippen LogP contribution is -2.46. The number of hydrogen-bond donors (Lipinski definition) is 0. The van der Waals surface area contributed by atoms with Gasteiger partial charge in [0.2, 0.25) is 0 Å². The minimum atomic E-state index is 0.383. The first kappa shape index (κ1) is 14.1. The number of rotatable bonds is 4. The van der Waals surface area contributed by atoms with Crippen LogP contribution in [0.15, 0.2) is 43.1 Å². The summed E-state index contributed by atoms with van der Waals surface area (Å²) in [6.45, 7) is 7.48. The summed E-state index contributed by atoms with van der Waals surface area (Å²) in [7, 11) is 0.